The Morgan fingerprint density at radius 3 is 2.29 bits per heavy atom. The molecule has 0 spiro atoms. The van der Waals surface area contributed by atoms with Crippen LogP contribution in [-0.2, 0) is 0 Å². The minimum atomic E-state index is 0.319. The van der Waals surface area contributed by atoms with E-state index in [9.17, 15) is 0 Å². The van der Waals surface area contributed by atoms with Gasteiger partial charge in [0.05, 0.1) is 7.11 Å². The molecule has 2 nitrogen and oxygen atoms in total. The summed E-state index contributed by atoms with van der Waals surface area (Å²) in [6.45, 7) is 4.29. The van der Waals surface area contributed by atoms with Crippen LogP contribution in [0.4, 0.5) is 5.69 Å². The normalized spacial score (nSPS) is 12.3. The first-order valence-electron chi connectivity index (χ1n) is 7.36. The maximum absolute atomic E-state index is 5.17. The van der Waals surface area contributed by atoms with Crippen molar-refractivity contribution in [2.24, 2.45) is 0 Å². The lowest BCUT2D eigenvalue weighted by Crippen LogP contribution is -2.15. The Labute approximate surface area is 127 Å². The van der Waals surface area contributed by atoms with E-state index in [0.29, 0.717) is 6.04 Å². The molecule has 21 heavy (non-hydrogen) atoms. The van der Waals surface area contributed by atoms with Gasteiger partial charge in [0.15, 0.2) is 0 Å². The molecule has 0 bridgehead atoms. The highest BCUT2D eigenvalue weighted by Gasteiger charge is 2.02. The van der Waals surface area contributed by atoms with Crippen molar-refractivity contribution in [1.82, 2.24) is 0 Å². The Morgan fingerprint density at radius 1 is 1.05 bits per heavy atom. The Morgan fingerprint density at radius 2 is 1.71 bits per heavy atom. The van der Waals surface area contributed by atoms with E-state index >= 15 is 0 Å². The summed E-state index contributed by atoms with van der Waals surface area (Å²) in [5, 5.41) is 3.52. The first-order valence-corrected chi connectivity index (χ1v) is 7.36. The van der Waals surface area contributed by atoms with Crippen LogP contribution in [0.25, 0.3) is 6.08 Å². The fourth-order valence-corrected chi connectivity index (χ4v) is 2.09. The molecule has 1 N–H and O–H groups in total. The standard InChI is InChI=1S/C19H23NO/c1-4-17(10-9-16-7-5-15(2)6-8-16)20-18-11-13-19(21-3)14-12-18/h5-14,17,20H,4H2,1-3H3/b10-9+. The van der Waals surface area contributed by atoms with E-state index in [1.54, 1.807) is 7.11 Å². The van der Waals surface area contributed by atoms with Gasteiger partial charge in [0.2, 0.25) is 0 Å². The van der Waals surface area contributed by atoms with Gasteiger partial charge in [0.1, 0.15) is 5.75 Å². The molecule has 0 saturated carbocycles. The number of hydrogen-bond donors (Lipinski definition) is 1. The van der Waals surface area contributed by atoms with Crippen LogP contribution in [0.5, 0.6) is 5.75 Å². The number of anilines is 1. The molecule has 1 atom stereocenters. The molecule has 0 aliphatic rings. The maximum atomic E-state index is 5.17. The van der Waals surface area contributed by atoms with Crippen molar-refractivity contribution in [3.8, 4) is 5.75 Å². The summed E-state index contributed by atoms with van der Waals surface area (Å²) in [7, 11) is 1.68. The number of nitrogens with one attached hydrogen (secondary N) is 1. The lowest BCUT2D eigenvalue weighted by molar-refractivity contribution is 0.415. The van der Waals surface area contributed by atoms with Crippen molar-refractivity contribution in [2.45, 2.75) is 26.3 Å². The van der Waals surface area contributed by atoms with Gasteiger partial charge < -0.3 is 10.1 Å². The van der Waals surface area contributed by atoms with E-state index in [2.05, 4.69) is 55.6 Å². The van der Waals surface area contributed by atoms with Crippen LogP contribution in [0.1, 0.15) is 24.5 Å². The summed E-state index contributed by atoms with van der Waals surface area (Å²) in [6, 6.07) is 16.9. The molecule has 110 valence electrons. The van der Waals surface area contributed by atoms with Gasteiger partial charge in [-0.15, -0.1) is 0 Å². The van der Waals surface area contributed by atoms with Gasteiger partial charge in [-0.1, -0.05) is 48.9 Å². The Bertz CT molecular complexity index is 570. The third-order valence-electron chi connectivity index (χ3n) is 3.48. The van der Waals surface area contributed by atoms with E-state index in [-0.39, 0.29) is 0 Å². The minimum Gasteiger partial charge on any atom is -0.497 e. The molecule has 0 aliphatic heterocycles. The molecule has 2 aromatic carbocycles. The number of methoxy groups -OCH3 is 1. The van der Waals surface area contributed by atoms with Gasteiger partial charge in [-0.2, -0.15) is 0 Å². The van der Waals surface area contributed by atoms with Crippen LogP contribution in [0, 0.1) is 6.92 Å². The van der Waals surface area contributed by atoms with Crippen LogP contribution in [0.15, 0.2) is 54.6 Å². The van der Waals surface area contributed by atoms with Crippen molar-refractivity contribution in [2.75, 3.05) is 12.4 Å². The average molecular weight is 281 g/mol. The molecule has 2 heteroatoms. The van der Waals surface area contributed by atoms with Crippen molar-refractivity contribution < 1.29 is 4.74 Å². The van der Waals surface area contributed by atoms with E-state index in [1.165, 1.54) is 11.1 Å². The smallest absolute Gasteiger partial charge is 0.119 e. The van der Waals surface area contributed by atoms with Crippen LogP contribution < -0.4 is 10.1 Å². The lowest BCUT2D eigenvalue weighted by atomic mass is 10.1. The third kappa shape index (κ3) is 4.67. The molecule has 0 radical (unpaired) electrons. The Hall–Kier alpha value is -2.22. The van der Waals surface area contributed by atoms with Gasteiger partial charge in [-0.05, 0) is 43.2 Å². The molecular formula is C19H23NO. The first-order chi connectivity index (χ1) is 10.2. The zero-order chi connectivity index (χ0) is 15.1. The van der Waals surface area contributed by atoms with Crippen LogP contribution in [0.2, 0.25) is 0 Å². The fraction of sp³-hybridized carbons (Fsp3) is 0.263. The van der Waals surface area contributed by atoms with Crippen molar-refractivity contribution in [3.05, 3.63) is 65.7 Å². The lowest BCUT2D eigenvalue weighted by Gasteiger charge is -2.14. The van der Waals surface area contributed by atoms with Crippen LogP contribution >= 0.6 is 0 Å². The van der Waals surface area contributed by atoms with Crippen LogP contribution in [0.3, 0.4) is 0 Å². The summed E-state index contributed by atoms with van der Waals surface area (Å²) in [5.74, 6) is 0.879. The summed E-state index contributed by atoms with van der Waals surface area (Å²) >= 11 is 0. The molecule has 1 unspecified atom stereocenters. The van der Waals surface area contributed by atoms with Gasteiger partial charge in [-0.3, -0.25) is 0 Å². The number of hydrogen-bond acceptors (Lipinski definition) is 2. The zero-order valence-corrected chi connectivity index (χ0v) is 13.0. The monoisotopic (exact) mass is 281 g/mol. The molecule has 0 amide bonds. The predicted molar refractivity (Wildman–Crippen MR) is 90.9 cm³/mol. The average Bonchev–Trinajstić information content (AvgIpc) is 2.53. The van der Waals surface area contributed by atoms with E-state index in [4.69, 9.17) is 4.74 Å². The summed E-state index contributed by atoms with van der Waals surface area (Å²) in [4.78, 5) is 0. The van der Waals surface area contributed by atoms with Gasteiger partial charge in [0, 0.05) is 11.7 Å². The van der Waals surface area contributed by atoms with E-state index in [1.807, 2.05) is 24.3 Å². The molecular weight excluding hydrogens is 258 g/mol. The highest BCUT2D eigenvalue weighted by atomic mass is 16.5. The Kier molecular flexibility index (Phi) is 5.44. The second kappa shape index (κ2) is 7.53. The molecule has 2 rings (SSSR count). The van der Waals surface area contributed by atoms with E-state index < -0.39 is 0 Å². The fourth-order valence-electron chi connectivity index (χ4n) is 2.09. The van der Waals surface area contributed by atoms with Crippen molar-refractivity contribution >= 4 is 11.8 Å². The SMILES string of the molecule is CCC(/C=C/c1ccc(C)cc1)Nc1ccc(OC)cc1. The number of ether oxygens (including phenoxy) is 1. The summed E-state index contributed by atoms with van der Waals surface area (Å²) < 4.78 is 5.17. The highest BCUT2D eigenvalue weighted by molar-refractivity contribution is 5.53. The topological polar surface area (TPSA) is 21.3 Å². The summed E-state index contributed by atoms with van der Waals surface area (Å²) in [6.07, 6.45) is 5.42. The second-order valence-electron chi connectivity index (χ2n) is 5.16. The van der Waals surface area contributed by atoms with E-state index in [0.717, 1.165) is 17.9 Å². The first kappa shape index (κ1) is 15.2. The summed E-state index contributed by atoms with van der Waals surface area (Å²) in [5.41, 5.74) is 3.63. The molecule has 0 heterocycles. The molecule has 2 aromatic rings. The predicted octanol–water partition coefficient (Wildman–Crippen LogP) is 4.91. The number of rotatable bonds is 6. The number of aryl methyl sites for hydroxylation is 1. The van der Waals surface area contributed by atoms with Gasteiger partial charge >= 0.3 is 0 Å². The quantitative estimate of drug-likeness (QED) is 0.812. The molecule has 0 aromatic heterocycles. The molecule has 0 saturated heterocycles. The molecule has 0 aliphatic carbocycles. The zero-order valence-electron chi connectivity index (χ0n) is 13.0. The Balaban J connectivity index is 2.00. The van der Waals surface area contributed by atoms with Gasteiger partial charge in [0.25, 0.3) is 0 Å². The van der Waals surface area contributed by atoms with Gasteiger partial charge in [-0.25, -0.2) is 0 Å². The van der Waals surface area contributed by atoms with Crippen molar-refractivity contribution in [1.29, 1.82) is 0 Å². The maximum Gasteiger partial charge on any atom is 0.119 e. The minimum absolute atomic E-state index is 0.319. The number of benzene rings is 2. The second-order valence-corrected chi connectivity index (χ2v) is 5.16. The third-order valence-corrected chi connectivity index (χ3v) is 3.48. The van der Waals surface area contributed by atoms with Crippen molar-refractivity contribution in [3.63, 3.8) is 0 Å². The molecule has 0 fully saturated rings. The van der Waals surface area contributed by atoms with Crippen LogP contribution in [-0.4, -0.2) is 13.2 Å². The highest BCUT2D eigenvalue weighted by Crippen LogP contribution is 2.17. The largest absolute Gasteiger partial charge is 0.497 e.